The van der Waals surface area contributed by atoms with E-state index in [0.29, 0.717) is 39.7 Å². The topological polar surface area (TPSA) is 51.1 Å². The molecule has 3 aromatic carbocycles. The third-order valence-corrected chi connectivity index (χ3v) is 8.42. The lowest BCUT2D eigenvalue weighted by Gasteiger charge is -2.30. The van der Waals surface area contributed by atoms with E-state index < -0.39 is 0 Å². The lowest BCUT2D eigenvalue weighted by Crippen LogP contribution is -2.40. The Morgan fingerprint density at radius 1 is 0.949 bits per heavy atom. The first-order valence-corrected chi connectivity index (χ1v) is 14.8. The molecule has 1 heterocycles. The fourth-order valence-corrected chi connectivity index (χ4v) is 6.16. The number of carbonyl (C=O) groups is 1. The molecule has 1 amide bonds. The van der Waals surface area contributed by atoms with Gasteiger partial charge >= 0.3 is 0 Å². The van der Waals surface area contributed by atoms with Gasteiger partial charge in [-0.1, -0.05) is 72.8 Å². The lowest BCUT2D eigenvalue weighted by atomic mass is 9.94. The van der Waals surface area contributed by atoms with Gasteiger partial charge in [-0.05, 0) is 85.1 Å². The van der Waals surface area contributed by atoms with E-state index in [-0.39, 0.29) is 11.9 Å². The van der Waals surface area contributed by atoms with Gasteiger partial charge in [0, 0.05) is 6.04 Å². The van der Waals surface area contributed by atoms with E-state index in [0.717, 1.165) is 47.7 Å². The molecule has 2 fully saturated rings. The number of amides is 1. The fourth-order valence-electron chi connectivity index (χ4n) is 4.78. The number of thioether (sulfide) groups is 1. The zero-order valence-electron chi connectivity index (χ0n) is 21.7. The molecule has 39 heavy (non-hydrogen) atoms. The Balaban J connectivity index is 1.40. The average molecular weight is 582 g/mol. The molecule has 0 bridgehead atoms. The third kappa shape index (κ3) is 6.81. The number of para-hydroxylation sites is 1. The standard InChI is InChI=1S/C31H30Cl2N2O3S/c1-2-37-28-18-21(14-16-27(28)38-20-22-13-15-25(32)26(33)17-22)19-29-30(36)35(24-11-7-4-8-12-24)31(39-29)34-23-9-5-3-6-10-23/h3,5-6,9-10,13-19,24H,2,4,7-8,11-12,20H2,1H3. The molecule has 1 aliphatic heterocycles. The predicted octanol–water partition coefficient (Wildman–Crippen LogP) is 8.91. The average Bonchev–Trinajstić information content (AvgIpc) is 3.25. The van der Waals surface area contributed by atoms with E-state index >= 15 is 0 Å². The van der Waals surface area contributed by atoms with Crippen LogP contribution in [-0.4, -0.2) is 28.6 Å². The van der Waals surface area contributed by atoms with Crippen LogP contribution in [0.3, 0.4) is 0 Å². The lowest BCUT2D eigenvalue weighted by molar-refractivity contribution is -0.124. The summed E-state index contributed by atoms with van der Waals surface area (Å²) in [6, 6.07) is 21.1. The molecule has 1 saturated heterocycles. The van der Waals surface area contributed by atoms with Crippen molar-refractivity contribution >= 4 is 57.8 Å². The highest BCUT2D eigenvalue weighted by Crippen LogP contribution is 2.39. The van der Waals surface area contributed by atoms with Crippen molar-refractivity contribution in [3.8, 4) is 11.5 Å². The van der Waals surface area contributed by atoms with Gasteiger partial charge in [-0.25, -0.2) is 4.99 Å². The van der Waals surface area contributed by atoms with E-state index in [1.165, 1.54) is 18.2 Å². The summed E-state index contributed by atoms with van der Waals surface area (Å²) in [4.78, 5) is 21.1. The number of amidine groups is 1. The summed E-state index contributed by atoms with van der Waals surface area (Å²) in [5, 5.41) is 1.74. The van der Waals surface area contributed by atoms with E-state index in [4.69, 9.17) is 37.7 Å². The molecule has 1 aliphatic carbocycles. The molecule has 0 unspecified atom stereocenters. The number of ether oxygens (including phenoxy) is 2. The molecule has 1 saturated carbocycles. The van der Waals surface area contributed by atoms with Gasteiger partial charge in [0.05, 0.1) is 27.2 Å². The number of benzene rings is 3. The van der Waals surface area contributed by atoms with Crippen LogP contribution in [0.4, 0.5) is 5.69 Å². The number of hydrogen-bond donors (Lipinski definition) is 0. The summed E-state index contributed by atoms with van der Waals surface area (Å²) in [7, 11) is 0. The smallest absolute Gasteiger partial charge is 0.267 e. The Hall–Kier alpha value is -2.93. The molecule has 2 aliphatic rings. The van der Waals surface area contributed by atoms with Crippen LogP contribution in [0, 0.1) is 0 Å². The van der Waals surface area contributed by atoms with Gasteiger partial charge in [0.1, 0.15) is 6.61 Å². The van der Waals surface area contributed by atoms with E-state index in [1.54, 1.807) is 12.1 Å². The highest BCUT2D eigenvalue weighted by atomic mass is 35.5. The van der Waals surface area contributed by atoms with Crippen molar-refractivity contribution in [2.45, 2.75) is 51.7 Å². The van der Waals surface area contributed by atoms with E-state index in [1.807, 2.05) is 72.5 Å². The van der Waals surface area contributed by atoms with Gasteiger partial charge in [0.25, 0.3) is 5.91 Å². The van der Waals surface area contributed by atoms with Crippen LogP contribution in [0.2, 0.25) is 10.0 Å². The number of carbonyl (C=O) groups excluding carboxylic acids is 1. The number of halogens is 2. The zero-order chi connectivity index (χ0) is 27.2. The number of aliphatic imine (C=N–C) groups is 1. The number of hydrogen-bond acceptors (Lipinski definition) is 5. The fraction of sp³-hybridized carbons (Fsp3) is 0.290. The molecule has 5 nitrogen and oxygen atoms in total. The summed E-state index contributed by atoms with van der Waals surface area (Å²) in [6.45, 7) is 2.74. The zero-order valence-corrected chi connectivity index (χ0v) is 24.1. The predicted molar refractivity (Wildman–Crippen MR) is 161 cm³/mol. The Labute approximate surface area is 243 Å². The van der Waals surface area contributed by atoms with Crippen molar-refractivity contribution in [1.29, 1.82) is 0 Å². The molecule has 0 N–H and O–H groups in total. The van der Waals surface area contributed by atoms with Gasteiger partial charge in [0.2, 0.25) is 0 Å². The van der Waals surface area contributed by atoms with Crippen LogP contribution in [0.25, 0.3) is 6.08 Å². The summed E-state index contributed by atoms with van der Waals surface area (Å²) in [5.41, 5.74) is 2.61. The minimum atomic E-state index is 0.0134. The summed E-state index contributed by atoms with van der Waals surface area (Å²) in [6.07, 6.45) is 7.43. The maximum atomic E-state index is 13.7. The van der Waals surface area contributed by atoms with Crippen LogP contribution < -0.4 is 9.47 Å². The first-order valence-electron chi connectivity index (χ1n) is 13.2. The summed E-state index contributed by atoms with van der Waals surface area (Å²) < 4.78 is 11.9. The molecule has 8 heteroatoms. The molecule has 3 aromatic rings. The van der Waals surface area contributed by atoms with Crippen LogP contribution in [0.1, 0.15) is 50.2 Å². The molecular weight excluding hydrogens is 551 g/mol. The van der Waals surface area contributed by atoms with Gasteiger partial charge in [-0.3, -0.25) is 9.69 Å². The van der Waals surface area contributed by atoms with Crippen molar-refractivity contribution in [3.63, 3.8) is 0 Å². The van der Waals surface area contributed by atoms with Gasteiger partial charge in [-0.15, -0.1) is 0 Å². The minimum Gasteiger partial charge on any atom is -0.490 e. The van der Waals surface area contributed by atoms with Crippen molar-refractivity contribution in [2.75, 3.05) is 6.61 Å². The third-order valence-electron chi connectivity index (χ3n) is 6.70. The summed E-state index contributed by atoms with van der Waals surface area (Å²) in [5.74, 6) is 1.25. The molecule has 0 spiro atoms. The number of nitrogens with zero attached hydrogens (tertiary/aromatic N) is 2. The highest BCUT2D eigenvalue weighted by molar-refractivity contribution is 8.18. The van der Waals surface area contributed by atoms with E-state index in [9.17, 15) is 4.79 Å². The molecule has 0 atom stereocenters. The maximum Gasteiger partial charge on any atom is 0.267 e. The quantitative estimate of drug-likeness (QED) is 0.249. The van der Waals surface area contributed by atoms with Gasteiger partial charge in [0.15, 0.2) is 16.7 Å². The number of rotatable bonds is 8. The molecule has 202 valence electrons. The van der Waals surface area contributed by atoms with Gasteiger partial charge in [-0.2, -0.15) is 0 Å². The van der Waals surface area contributed by atoms with Gasteiger partial charge < -0.3 is 9.47 Å². The van der Waals surface area contributed by atoms with Crippen molar-refractivity contribution in [3.05, 3.63) is 92.8 Å². The van der Waals surface area contributed by atoms with Crippen LogP contribution in [0.5, 0.6) is 11.5 Å². The molecule has 0 aromatic heterocycles. The first kappa shape index (κ1) is 27.6. The molecule has 5 rings (SSSR count). The SMILES string of the molecule is CCOc1cc(C=C2SC(=Nc3ccccc3)N(C3CCCCC3)C2=O)ccc1OCc1ccc(Cl)c(Cl)c1. The monoisotopic (exact) mass is 580 g/mol. The Morgan fingerprint density at radius 3 is 2.49 bits per heavy atom. The second kappa shape index (κ2) is 12.9. The van der Waals surface area contributed by atoms with Crippen LogP contribution in [0.15, 0.2) is 76.6 Å². The second-order valence-electron chi connectivity index (χ2n) is 9.48. The minimum absolute atomic E-state index is 0.0134. The summed E-state index contributed by atoms with van der Waals surface area (Å²) >= 11 is 13.6. The highest BCUT2D eigenvalue weighted by Gasteiger charge is 2.38. The maximum absolute atomic E-state index is 13.7. The second-order valence-corrected chi connectivity index (χ2v) is 11.3. The van der Waals surface area contributed by atoms with Crippen LogP contribution >= 0.6 is 35.0 Å². The largest absolute Gasteiger partial charge is 0.490 e. The Morgan fingerprint density at radius 2 is 1.74 bits per heavy atom. The van der Waals surface area contributed by atoms with Crippen LogP contribution in [-0.2, 0) is 11.4 Å². The van der Waals surface area contributed by atoms with Crippen molar-refractivity contribution in [2.24, 2.45) is 4.99 Å². The van der Waals surface area contributed by atoms with E-state index in [2.05, 4.69) is 0 Å². The Kier molecular flexibility index (Phi) is 9.17. The Bertz CT molecular complexity index is 1390. The van der Waals surface area contributed by atoms with Crippen molar-refractivity contribution in [1.82, 2.24) is 4.90 Å². The molecular formula is C31H30Cl2N2O3S. The first-order chi connectivity index (χ1) is 19.0. The normalized spacial score (nSPS) is 18.2. The van der Waals surface area contributed by atoms with Crippen molar-refractivity contribution < 1.29 is 14.3 Å². The molecule has 0 radical (unpaired) electrons.